The van der Waals surface area contributed by atoms with Crippen LogP contribution in [0.4, 0.5) is 5.69 Å². The number of hydrogen-bond acceptors (Lipinski definition) is 6. The SMILES string of the molecule is Cc1ccc(-c2cc(C(=O)Nc3ccc(S(=O)(=O)N4CCOCC4)cc3)no2)cc1C. The molecule has 2 aromatic carbocycles. The first-order valence-electron chi connectivity index (χ1n) is 9.88. The van der Waals surface area contributed by atoms with E-state index in [-0.39, 0.29) is 10.6 Å². The van der Waals surface area contributed by atoms with E-state index in [2.05, 4.69) is 10.5 Å². The Morgan fingerprint density at radius 3 is 2.39 bits per heavy atom. The Bertz CT molecular complexity index is 1200. The minimum atomic E-state index is -3.58. The number of nitrogens with one attached hydrogen (secondary N) is 1. The number of nitrogens with zero attached hydrogens (tertiary/aromatic N) is 2. The lowest BCUT2D eigenvalue weighted by molar-refractivity contribution is 0.0730. The highest BCUT2D eigenvalue weighted by atomic mass is 32.2. The first kappa shape index (κ1) is 21.2. The quantitative estimate of drug-likeness (QED) is 0.652. The van der Waals surface area contributed by atoms with Crippen molar-refractivity contribution >= 4 is 21.6 Å². The van der Waals surface area contributed by atoms with E-state index in [0.29, 0.717) is 37.8 Å². The highest BCUT2D eigenvalue weighted by Crippen LogP contribution is 2.24. The molecule has 9 heteroatoms. The van der Waals surface area contributed by atoms with Gasteiger partial charge in [-0.3, -0.25) is 4.79 Å². The van der Waals surface area contributed by atoms with Crippen LogP contribution in [0.5, 0.6) is 0 Å². The number of hydrogen-bond donors (Lipinski definition) is 1. The number of rotatable bonds is 5. The number of aromatic nitrogens is 1. The second-order valence-electron chi connectivity index (χ2n) is 7.37. The van der Waals surface area contributed by atoms with Gasteiger partial charge in [-0.2, -0.15) is 4.31 Å². The molecule has 1 aliphatic rings. The van der Waals surface area contributed by atoms with Crippen molar-refractivity contribution in [3.8, 4) is 11.3 Å². The fourth-order valence-electron chi connectivity index (χ4n) is 3.25. The van der Waals surface area contributed by atoms with Crippen LogP contribution >= 0.6 is 0 Å². The molecule has 0 radical (unpaired) electrons. The fraction of sp³-hybridized carbons (Fsp3) is 0.273. The zero-order chi connectivity index (χ0) is 22.0. The molecule has 8 nitrogen and oxygen atoms in total. The molecule has 1 amide bonds. The van der Waals surface area contributed by atoms with E-state index in [1.54, 1.807) is 18.2 Å². The van der Waals surface area contributed by atoms with E-state index in [1.807, 2.05) is 32.0 Å². The van der Waals surface area contributed by atoms with Gasteiger partial charge in [-0.1, -0.05) is 17.3 Å². The third kappa shape index (κ3) is 4.53. The van der Waals surface area contributed by atoms with Crippen molar-refractivity contribution in [2.24, 2.45) is 0 Å². The molecule has 1 aromatic heterocycles. The minimum Gasteiger partial charge on any atom is -0.379 e. The summed E-state index contributed by atoms with van der Waals surface area (Å²) < 4.78 is 37.3. The third-order valence-electron chi connectivity index (χ3n) is 5.25. The molecule has 0 aliphatic carbocycles. The summed E-state index contributed by atoms with van der Waals surface area (Å²) in [6.07, 6.45) is 0. The summed E-state index contributed by atoms with van der Waals surface area (Å²) in [5.41, 5.74) is 3.72. The maximum absolute atomic E-state index is 12.7. The number of carbonyl (C=O) groups excluding carboxylic acids is 1. The number of morpholine rings is 1. The van der Waals surface area contributed by atoms with Crippen LogP contribution in [-0.4, -0.2) is 50.1 Å². The largest absolute Gasteiger partial charge is 0.379 e. The Hall–Kier alpha value is -3.01. The van der Waals surface area contributed by atoms with Crippen LogP contribution in [0.1, 0.15) is 21.6 Å². The molecule has 0 saturated carbocycles. The smallest absolute Gasteiger partial charge is 0.277 e. The summed E-state index contributed by atoms with van der Waals surface area (Å²) in [7, 11) is -3.58. The third-order valence-corrected chi connectivity index (χ3v) is 7.17. The molecule has 162 valence electrons. The normalized spacial score (nSPS) is 15.0. The van der Waals surface area contributed by atoms with Gasteiger partial charge in [0.2, 0.25) is 10.0 Å². The van der Waals surface area contributed by atoms with Gasteiger partial charge < -0.3 is 14.6 Å². The molecule has 0 bridgehead atoms. The van der Waals surface area contributed by atoms with Crippen molar-refractivity contribution in [2.45, 2.75) is 18.7 Å². The maximum atomic E-state index is 12.7. The van der Waals surface area contributed by atoms with Gasteiger partial charge in [-0.25, -0.2) is 8.42 Å². The summed E-state index contributed by atoms with van der Waals surface area (Å²) >= 11 is 0. The Morgan fingerprint density at radius 1 is 1.00 bits per heavy atom. The molecule has 1 saturated heterocycles. The number of sulfonamides is 1. The van der Waals surface area contributed by atoms with Gasteiger partial charge in [-0.15, -0.1) is 0 Å². The molecule has 1 aliphatic heterocycles. The van der Waals surface area contributed by atoms with E-state index in [9.17, 15) is 13.2 Å². The molecular formula is C22H23N3O5S. The van der Waals surface area contributed by atoms with Gasteiger partial charge in [0.1, 0.15) is 0 Å². The minimum absolute atomic E-state index is 0.137. The molecular weight excluding hydrogens is 418 g/mol. The van der Waals surface area contributed by atoms with Gasteiger partial charge in [0.25, 0.3) is 5.91 Å². The number of anilines is 1. The topological polar surface area (TPSA) is 102 Å². The second kappa shape index (κ2) is 8.62. The van der Waals surface area contributed by atoms with Crippen molar-refractivity contribution in [3.05, 3.63) is 65.4 Å². The lowest BCUT2D eigenvalue weighted by Crippen LogP contribution is -2.40. The average molecular weight is 442 g/mol. The molecule has 0 spiro atoms. The zero-order valence-corrected chi connectivity index (χ0v) is 18.1. The molecule has 3 aromatic rings. The van der Waals surface area contributed by atoms with Crippen LogP contribution in [0.2, 0.25) is 0 Å². The molecule has 2 heterocycles. The summed E-state index contributed by atoms with van der Waals surface area (Å²) in [6, 6.07) is 13.5. The van der Waals surface area contributed by atoms with E-state index in [4.69, 9.17) is 9.26 Å². The lowest BCUT2D eigenvalue weighted by atomic mass is 10.0. The summed E-state index contributed by atoms with van der Waals surface area (Å²) in [6.45, 7) is 5.46. The van der Waals surface area contributed by atoms with Crippen LogP contribution < -0.4 is 5.32 Å². The lowest BCUT2D eigenvalue weighted by Gasteiger charge is -2.26. The van der Waals surface area contributed by atoms with Gasteiger partial charge in [-0.05, 0) is 55.3 Å². The van der Waals surface area contributed by atoms with Crippen LogP contribution in [0.15, 0.2) is 57.9 Å². The van der Waals surface area contributed by atoms with Crippen molar-refractivity contribution in [2.75, 3.05) is 31.6 Å². The van der Waals surface area contributed by atoms with Crippen molar-refractivity contribution in [1.29, 1.82) is 0 Å². The Labute approximate surface area is 180 Å². The molecule has 1 N–H and O–H groups in total. The van der Waals surface area contributed by atoms with Crippen molar-refractivity contribution < 1.29 is 22.5 Å². The molecule has 31 heavy (non-hydrogen) atoms. The Kier molecular flexibility index (Phi) is 5.90. The first-order chi connectivity index (χ1) is 14.8. The second-order valence-corrected chi connectivity index (χ2v) is 9.31. The highest BCUT2D eigenvalue weighted by molar-refractivity contribution is 7.89. The highest BCUT2D eigenvalue weighted by Gasteiger charge is 2.26. The van der Waals surface area contributed by atoms with Crippen LogP contribution in [0.3, 0.4) is 0 Å². The van der Waals surface area contributed by atoms with Crippen LogP contribution in [0, 0.1) is 13.8 Å². The van der Waals surface area contributed by atoms with E-state index >= 15 is 0 Å². The Morgan fingerprint density at radius 2 is 1.71 bits per heavy atom. The van der Waals surface area contributed by atoms with E-state index < -0.39 is 15.9 Å². The molecule has 4 rings (SSSR count). The fourth-order valence-corrected chi connectivity index (χ4v) is 4.66. The molecule has 0 unspecified atom stereocenters. The maximum Gasteiger partial charge on any atom is 0.277 e. The van der Waals surface area contributed by atoms with Gasteiger partial charge in [0, 0.05) is 30.4 Å². The zero-order valence-electron chi connectivity index (χ0n) is 17.3. The number of amides is 1. The van der Waals surface area contributed by atoms with E-state index in [1.165, 1.54) is 22.0 Å². The predicted octanol–water partition coefficient (Wildman–Crippen LogP) is 3.23. The first-order valence-corrected chi connectivity index (χ1v) is 11.3. The number of aryl methyl sites for hydroxylation is 2. The standard InChI is InChI=1S/C22H23N3O5S/c1-15-3-4-17(13-16(15)2)21-14-20(24-30-21)22(26)23-18-5-7-19(8-6-18)31(27,28)25-9-11-29-12-10-25/h3-8,13-14H,9-12H2,1-2H3,(H,23,26). The summed E-state index contributed by atoms with van der Waals surface area (Å²) in [5, 5.41) is 6.57. The van der Waals surface area contributed by atoms with Crippen LogP contribution in [0.25, 0.3) is 11.3 Å². The van der Waals surface area contributed by atoms with Crippen molar-refractivity contribution in [1.82, 2.24) is 9.46 Å². The van der Waals surface area contributed by atoms with Crippen molar-refractivity contribution in [3.63, 3.8) is 0 Å². The monoisotopic (exact) mass is 441 g/mol. The van der Waals surface area contributed by atoms with Crippen LogP contribution in [-0.2, 0) is 14.8 Å². The summed E-state index contributed by atoms with van der Waals surface area (Å²) in [4.78, 5) is 12.7. The van der Waals surface area contributed by atoms with E-state index in [0.717, 1.165) is 11.1 Å². The summed E-state index contributed by atoms with van der Waals surface area (Å²) in [5.74, 6) is 0.0582. The predicted molar refractivity (Wildman–Crippen MR) is 115 cm³/mol. The van der Waals surface area contributed by atoms with Gasteiger partial charge in [0.05, 0.1) is 18.1 Å². The average Bonchev–Trinajstić information content (AvgIpc) is 3.27. The molecule has 1 fully saturated rings. The molecule has 0 atom stereocenters. The number of carbonyl (C=O) groups is 1. The number of ether oxygens (including phenoxy) is 1. The van der Waals surface area contributed by atoms with Gasteiger partial charge in [0.15, 0.2) is 11.5 Å². The number of benzene rings is 2. The Balaban J connectivity index is 1.45. The van der Waals surface area contributed by atoms with Gasteiger partial charge >= 0.3 is 0 Å².